The number of carbonyl (C=O) groups excluding carboxylic acids is 1. The Balaban J connectivity index is 1.41. The second-order valence-electron chi connectivity index (χ2n) is 12.2. The Bertz CT molecular complexity index is 2010. The third-order valence-corrected chi connectivity index (χ3v) is 9.06. The number of rotatable bonds is 15. The molecule has 0 bridgehead atoms. The van der Waals surface area contributed by atoms with Gasteiger partial charge >= 0.3 is 0 Å². The molecule has 0 aromatic heterocycles. The highest BCUT2D eigenvalue weighted by Crippen LogP contribution is 2.43. The summed E-state index contributed by atoms with van der Waals surface area (Å²) in [6, 6.07) is 40.7. The Labute approximate surface area is 302 Å². The lowest BCUT2D eigenvalue weighted by Crippen LogP contribution is -2.50. The largest absolute Gasteiger partial charge is 0.494 e. The smallest absolute Gasteiger partial charge is 0.252 e. The van der Waals surface area contributed by atoms with Crippen molar-refractivity contribution in [3.05, 3.63) is 171 Å². The number of halogens is 1. The number of hydrogen-bond donors (Lipinski definition) is 2. The number of nitrogens with zero attached hydrogens (tertiary/aromatic N) is 4. The molecule has 51 heavy (non-hydrogen) atoms. The zero-order valence-electron chi connectivity index (χ0n) is 28.0. The number of carbonyl (C=O) groups is 1. The molecule has 0 spiro atoms. The number of amides is 1. The van der Waals surface area contributed by atoms with Crippen molar-refractivity contribution < 1.29 is 19.4 Å². The molecule has 6 rings (SSSR count). The lowest BCUT2D eigenvalue weighted by atomic mass is 9.80. The molecular weight excluding hydrogens is 662 g/mol. The van der Waals surface area contributed by atoms with Gasteiger partial charge in [-0.25, -0.2) is 4.99 Å². The van der Waals surface area contributed by atoms with Crippen LogP contribution in [0.5, 0.6) is 5.75 Å². The lowest BCUT2D eigenvalue weighted by Gasteiger charge is -2.31. The van der Waals surface area contributed by atoms with Gasteiger partial charge in [0.15, 0.2) is 11.6 Å². The molecule has 1 aliphatic rings. The Hall–Kier alpha value is -5.60. The van der Waals surface area contributed by atoms with Crippen LogP contribution in [0.25, 0.3) is 21.6 Å². The number of aliphatic hydroxyl groups is 1. The Kier molecular flexibility index (Phi) is 11.7. The fraction of sp³-hybridized carbons (Fsp3) is 0.220. The van der Waals surface area contributed by atoms with Crippen molar-refractivity contribution in [2.45, 2.75) is 37.5 Å². The first-order chi connectivity index (χ1) is 25.0. The van der Waals surface area contributed by atoms with Gasteiger partial charge in [-0.05, 0) is 81.7 Å². The molecule has 5 aromatic rings. The number of azide groups is 1. The first kappa shape index (κ1) is 35.2. The highest BCUT2D eigenvalue weighted by Gasteiger charge is 2.53. The molecule has 258 valence electrons. The molecule has 1 heterocycles. The van der Waals surface area contributed by atoms with Crippen molar-refractivity contribution >= 4 is 23.4 Å². The summed E-state index contributed by atoms with van der Waals surface area (Å²) in [5.41, 5.74) is 13.9. The van der Waals surface area contributed by atoms with E-state index in [1.165, 1.54) is 0 Å². The second kappa shape index (κ2) is 16.9. The lowest BCUT2D eigenvalue weighted by molar-refractivity contribution is -0.128. The molecular formula is C41H38ClN5O4. The van der Waals surface area contributed by atoms with Crippen LogP contribution in [-0.2, 0) is 28.9 Å². The van der Waals surface area contributed by atoms with Crippen LogP contribution in [-0.4, -0.2) is 42.2 Å². The van der Waals surface area contributed by atoms with E-state index in [4.69, 9.17) is 36.7 Å². The summed E-state index contributed by atoms with van der Waals surface area (Å²) in [4.78, 5) is 22.9. The van der Waals surface area contributed by atoms with Crippen molar-refractivity contribution in [1.82, 2.24) is 5.32 Å². The van der Waals surface area contributed by atoms with Gasteiger partial charge in [-0.1, -0.05) is 108 Å². The van der Waals surface area contributed by atoms with Gasteiger partial charge in [0.25, 0.3) is 5.91 Å². The highest BCUT2D eigenvalue weighted by atomic mass is 35.5. The quantitative estimate of drug-likeness (QED) is 0.0492. The van der Waals surface area contributed by atoms with Gasteiger partial charge in [-0.3, -0.25) is 4.79 Å². The van der Waals surface area contributed by atoms with Crippen LogP contribution in [0.4, 0.5) is 0 Å². The maximum Gasteiger partial charge on any atom is 0.252 e. The average molecular weight is 700 g/mol. The molecule has 5 aromatic carbocycles. The van der Waals surface area contributed by atoms with Gasteiger partial charge in [-0.15, -0.1) is 0 Å². The van der Waals surface area contributed by atoms with Crippen molar-refractivity contribution in [1.29, 1.82) is 0 Å². The normalized spacial score (nSPS) is 16.4. The molecule has 0 saturated carbocycles. The molecule has 10 heteroatoms. The number of ether oxygens (including phenoxy) is 2. The van der Waals surface area contributed by atoms with E-state index in [0.29, 0.717) is 48.2 Å². The molecule has 0 unspecified atom stereocenters. The Morgan fingerprint density at radius 3 is 2.33 bits per heavy atom. The van der Waals surface area contributed by atoms with Crippen LogP contribution in [0.15, 0.2) is 138 Å². The zero-order chi connectivity index (χ0) is 35.5. The topological polar surface area (TPSA) is 129 Å². The second-order valence-corrected chi connectivity index (χ2v) is 12.7. The number of aliphatic hydroxyl groups excluding tert-OH is 1. The molecule has 0 fully saturated rings. The van der Waals surface area contributed by atoms with Gasteiger partial charge in [0, 0.05) is 41.5 Å². The van der Waals surface area contributed by atoms with E-state index in [1.54, 1.807) is 0 Å². The minimum atomic E-state index is -1.43. The zero-order valence-corrected chi connectivity index (χ0v) is 28.7. The van der Waals surface area contributed by atoms with Gasteiger partial charge in [0.2, 0.25) is 5.90 Å². The van der Waals surface area contributed by atoms with Crippen molar-refractivity contribution in [3.8, 4) is 16.9 Å². The minimum absolute atomic E-state index is 0.0473. The van der Waals surface area contributed by atoms with E-state index in [-0.39, 0.29) is 25.5 Å². The Morgan fingerprint density at radius 1 is 0.902 bits per heavy atom. The fourth-order valence-corrected chi connectivity index (χ4v) is 6.42. The van der Waals surface area contributed by atoms with E-state index in [2.05, 4.69) is 27.5 Å². The first-order valence-electron chi connectivity index (χ1n) is 16.9. The molecule has 1 amide bonds. The van der Waals surface area contributed by atoms with E-state index in [9.17, 15) is 4.79 Å². The average Bonchev–Trinajstić information content (AvgIpc) is 3.55. The van der Waals surface area contributed by atoms with Gasteiger partial charge < -0.3 is 19.9 Å². The maximum atomic E-state index is 14.8. The number of nitrogens with one attached hydrogen (secondary N) is 1. The molecule has 2 N–H and O–H groups in total. The fourth-order valence-electron chi connectivity index (χ4n) is 6.21. The van der Waals surface area contributed by atoms with Gasteiger partial charge in [0.05, 0.1) is 13.2 Å². The third kappa shape index (κ3) is 8.59. The van der Waals surface area contributed by atoms with Gasteiger partial charge in [-0.2, -0.15) is 0 Å². The summed E-state index contributed by atoms with van der Waals surface area (Å²) < 4.78 is 12.5. The summed E-state index contributed by atoms with van der Waals surface area (Å²) >= 11 is 6.24. The number of aliphatic imine (C=N–C) groups is 1. The van der Waals surface area contributed by atoms with E-state index in [1.807, 2.05) is 115 Å². The van der Waals surface area contributed by atoms with Crippen LogP contribution in [0, 0.1) is 0 Å². The first-order valence-corrected chi connectivity index (χ1v) is 17.2. The number of benzene rings is 5. The minimum Gasteiger partial charge on any atom is -0.494 e. The monoisotopic (exact) mass is 699 g/mol. The van der Waals surface area contributed by atoms with Crippen LogP contribution in [0.3, 0.4) is 0 Å². The van der Waals surface area contributed by atoms with Crippen LogP contribution >= 0.6 is 11.6 Å². The predicted molar refractivity (Wildman–Crippen MR) is 200 cm³/mol. The van der Waals surface area contributed by atoms with Crippen molar-refractivity contribution in [3.63, 3.8) is 0 Å². The standard InChI is InChI=1S/C41H38ClN5O4/c42-36-13-6-8-29(26-36)22-23-44-40(49)41(27-34-11-4-5-12-35(34)28-45-47-43)38(32-16-14-31(15-17-32)30-9-2-1-3-10-30)51-39(46-41)33-18-20-37(21-19-33)50-25-7-24-48/h1-6,8-21,26,38,48H,7,22-25,27-28H2,(H,44,49)/t38-,41-/m1/s1. The highest BCUT2D eigenvalue weighted by molar-refractivity contribution is 6.30. The SMILES string of the molecule is [N-]=[N+]=NCc1ccccc1C[C@@]1(C(=O)NCCc2cccc(Cl)c2)N=C(c2ccc(OCCCO)cc2)O[C@@H]1c1ccc(-c2ccccc2)cc1. The molecule has 9 nitrogen and oxygen atoms in total. The Morgan fingerprint density at radius 2 is 1.61 bits per heavy atom. The van der Waals surface area contributed by atoms with E-state index in [0.717, 1.165) is 33.4 Å². The molecule has 0 radical (unpaired) electrons. The summed E-state index contributed by atoms with van der Waals surface area (Å²) in [6.45, 7) is 0.921. The summed E-state index contributed by atoms with van der Waals surface area (Å²) in [5, 5.41) is 16.8. The van der Waals surface area contributed by atoms with Crippen LogP contribution in [0.1, 0.15) is 40.3 Å². The summed E-state index contributed by atoms with van der Waals surface area (Å²) in [7, 11) is 0. The summed E-state index contributed by atoms with van der Waals surface area (Å²) in [5.74, 6) is 0.682. The maximum absolute atomic E-state index is 14.8. The van der Waals surface area contributed by atoms with Crippen molar-refractivity contribution in [2.75, 3.05) is 19.8 Å². The molecule has 2 atom stereocenters. The third-order valence-electron chi connectivity index (χ3n) is 8.82. The summed E-state index contributed by atoms with van der Waals surface area (Å²) in [6.07, 6.45) is 0.487. The predicted octanol–water partition coefficient (Wildman–Crippen LogP) is 8.44. The van der Waals surface area contributed by atoms with Crippen LogP contribution < -0.4 is 10.1 Å². The number of hydrogen-bond acceptors (Lipinski definition) is 6. The molecule has 0 aliphatic carbocycles. The molecule has 0 saturated heterocycles. The van der Waals surface area contributed by atoms with E-state index < -0.39 is 11.6 Å². The molecule has 1 aliphatic heterocycles. The van der Waals surface area contributed by atoms with Crippen molar-refractivity contribution in [2.24, 2.45) is 10.1 Å². The van der Waals surface area contributed by atoms with Crippen LogP contribution in [0.2, 0.25) is 5.02 Å². The van der Waals surface area contributed by atoms with E-state index >= 15 is 0 Å². The van der Waals surface area contributed by atoms with Gasteiger partial charge in [0.1, 0.15) is 5.75 Å².